The first kappa shape index (κ1) is 16.7. The van der Waals surface area contributed by atoms with Crippen LogP contribution in [0.2, 0.25) is 0 Å². The SMILES string of the molecule is CSc1ccc2[nH]nc(C3CC3)c2c1-c1ccc(S(C)(=O)=O)c(C)c1. The van der Waals surface area contributed by atoms with Crippen LogP contribution < -0.4 is 0 Å². The van der Waals surface area contributed by atoms with E-state index in [1.54, 1.807) is 17.8 Å². The highest BCUT2D eigenvalue weighted by Gasteiger charge is 2.30. The molecule has 0 saturated heterocycles. The van der Waals surface area contributed by atoms with Crippen molar-refractivity contribution in [1.82, 2.24) is 10.2 Å². The summed E-state index contributed by atoms with van der Waals surface area (Å²) >= 11 is 1.71. The molecule has 4 nitrogen and oxygen atoms in total. The van der Waals surface area contributed by atoms with E-state index in [1.165, 1.54) is 29.4 Å². The van der Waals surface area contributed by atoms with Crippen LogP contribution in [0.25, 0.3) is 22.0 Å². The molecule has 0 spiro atoms. The molecular weight excluding hydrogens is 352 g/mol. The van der Waals surface area contributed by atoms with Gasteiger partial charge in [-0.1, -0.05) is 12.1 Å². The van der Waals surface area contributed by atoms with Gasteiger partial charge in [-0.15, -0.1) is 11.8 Å². The van der Waals surface area contributed by atoms with Gasteiger partial charge in [0.15, 0.2) is 9.84 Å². The van der Waals surface area contributed by atoms with Crippen LogP contribution >= 0.6 is 11.8 Å². The van der Waals surface area contributed by atoms with Gasteiger partial charge in [-0.3, -0.25) is 5.10 Å². The van der Waals surface area contributed by atoms with Crippen molar-refractivity contribution < 1.29 is 8.42 Å². The molecule has 4 rings (SSSR count). The third-order valence-corrected chi connectivity index (χ3v) is 6.80. The summed E-state index contributed by atoms with van der Waals surface area (Å²) in [5, 5.41) is 8.92. The van der Waals surface area contributed by atoms with Gasteiger partial charge in [0.05, 0.1) is 16.1 Å². The maximum atomic E-state index is 11.9. The minimum Gasteiger partial charge on any atom is -0.278 e. The minimum atomic E-state index is -3.22. The molecule has 130 valence electrons. The summed E-state index contributed by atoms with van der Waals surface area (Å²) in [5.41, 5.74) is 5.16. The number of benzene rings is 2. The lowest BCUT2D eigenvalue weighted by atomic mass is 9.97. The third kappa shape index (κ3) is 2.87. The number of nitrogens with zero attached hydrogens (tertiary/aromatic N) is 1. The van der Waals surface area contributed by atoms with Crippen molar-refractivity contribution in [3.05, 3.63) is 41.6 Å². The normalized spacial score (nSPS) is 15.0. The Morgan fingerprint density at radius 2 is 1.96 bits per heavy atom. The molecule has 0 radical (unpaired) electrons. The number of rotatable bonds is 4. The van der Waals surface area contributed by atoms with E-state index in [0.717, 1.165) is 27.9 Å². The Hall–Kier alpha value is -1.79. The Labute approximate surface area is 151 Å². The van der Waals surface area contributed by atoms with Gasteiger partial charge in [-0.2, -0.15) is 5.10 Å². The van der Waals surface area contributed by atoms with Crippen LogP contribution in [0.15, 0.2) is 40.1 Å². The van der Waals surface area contributed by atoms with Crippen LogP contribution in [0.5, 0.6) is 0 Å². The predicted molar refractivity (Wildman–Crippen MR) is 103 cm³/mol. The van der Waals surface area contributed by atoms with Gasteiger partial charge in [0, 0.05) is 28.0 Å². The summed E-state index contributed by atoms with van der Waals surface area (Å²) in [6, 6.07) is 9.81. The molecule has 1 aromatic heterocycles. The quantitative estimate of drug-likeness (QED) is 0.683. The molecular formula is C19H20N2O2S2. The predicted octanol–water partition coefficient (Wildman–Crippen LogP) is 4.54. The number of aromatic amines is 1. The Morgan fingerprint density at radius 3 is 2.56 bits per heavy atom. The number of aromatic nitrogens is 2. The maximum absolute atomic E-state index is 11.9. The number of fused-ring (bicyclic) bond motifs is 1. The second kappa shape index (κ2) is 5.88. The fourth-order valence-electron chi connectivity index (χ4n) is 3.45. The molecule has 0 bridgehead atoms. The van der Waals surface area contributed by atoms with Crippen molar-refractivity contribution in [3.63, 3.8) is 0 Å². The molecule has 0 aliphatic heterocycles. The number of sulfone groups is 1. The lowest BCUT2D eigenvalue weighted by Crippen LogP contribution is -2.00. The highest BCUT2D eigenvalue weighted by molar-refractivity contribution is 7.98. The van der Waals surface area contributed by atoms with E-state index >= 15 is 0 Å². The number of hydrogen-bond donors (Lipinski definition) is 1. The molecule has 1 aliphatic rings. The lowest BCUT2D eigenvalue weighted by molar-refractivity contribution is 0.601. The van der Waals surface area contributed by atoms with Crippen LogP contribution in [-0.4, -0.2) is 31.1 Å². The molecule has 1 saturated carbocycles. The van der Waals surface area contributed by atoms with Gasteiger partial charge in [0.25, 0.3) is 0 Å². The van der Waals surface area contributed by atoms with Crippen molar-refractivity contribution in [2.45, 2.75) is 35.5 Å². The summed E-state index contributed by atoms with van der Waals surface area (Å²) < 4.78 is 23.9. The maximum Gasteiger partial charge on any atom is 0.175 e. The van der Waals surface area contributed by atoms with Crippen molar-refractivity contribution >= 4 is 32.5 Å². The molecule has 1 heterocycles. The van der Waals surface area contributed by atoms with Crippen molar-refractivity contribution in [2.75, 3.05) is 12.5 Å². The molecule has 2 aromatic carbocycles. The topological polar surface area (TPSA) is 62.8 Å². The first-order valence-corrected chi connectivity index (χ1v) is 11.4. The van der Waals surface area contributed by atoms with Crippen LogP contribution in [0.1, 0.15) is 30.0 Å². The lowest BCUT2D eigenvalue weighted by Gasteiger charge is -2.13. The fourth-order valence-corrected chi connectivity index (χ4v) is 5.04. The van der Waals surface area contributed by atoms with Gasteiger partial charge < -0.3 is 0 Å². The van der Waals surface area contributed by atoms with Crippen molar-refractivity contribution in [1.29, 1.82) is 0 Å². The highest BCUT2D eigenvalue weighted by atomic mass is 32.2. The van der Waals surface area contributed by atoms with Crippen LogP contribution in [0.4, 0.5) is 0 Å². The second-order valence-corrected chi connectivity index (χ2v) is 9.53. The number of aryl methyl sites for hydroxylation is 1. The molecule has 6 heteroatoms. The van der Waals surface area contributed by atoms with Gasteiger partial charge >= 0.3 is 0 Å². The smallest absolute Gasteiger partial charge is 0.175 e. The average Bonchev–Trinajstić information content (AvgIpc) is 3.31. The molecule has 1 aliphatic carbocycles. The molecule has 1 fully saturated rings. The molecule has 0 atom stereocenters. The van der Waals surface area contributed by atoms with Crippen LogP contribution in [0, 0.1) is 6.92 Å². The largest absolute Gasteiger partial charge is 0.278 e. The number of nitrogens with one attached hydrogen (secondary N) is 1. The van der Waals surface area contributed by atoms with Crippen molar-refractivity contribution in [2.24, 2.45) is 0 Å². The standard InChI is InChI=1S/C19H20N2O2S2/c1-11-10-13(6-9-16(11)25(3,22)23)17-15(24-2)8-7-14-18(17)19(21-20-14)12-4-5-12/h6-10,12H,4-5H2,1-3H3,(H,20,21). The Morgan fingerprint density at radius 1 is 1.20 bits per heavy atom. The van der Waals surface area contributed by atoms with E-state index in [2.05, 4.69) is 28.6 Å². The summed E-state index contributed by atoms with van der Waals surface area (Å²) in [6.45, 7) is 1.86. The average molecular weight is 373 g/mol. The number of thioether (sulfide) groups is 1. The first-order chi connectivity index (χ1) is 11.9. The van der Waals surface area contributed by atoms with E-state index in [-0.39, 0.29) is 0 Å². The zero-order chi connectivity index (χ0) is 17.8. The van der Waals surface area contributed by atoms with E-state index in [1.807, 2.05) is 19.1 Å². The van der Waals surface area contributed by atoms with Gasteiger partial charge in [0.2, 0.25) is 0 Å². The van der Waals surface area contributed by atoms with Gasteiger partial charge in [-0.25, -0.2) is 8.42 Å². The molecule has 0 unspecified atom stereocenters. The number of H-pyrrole nitrogens is 1. The molecule has 0 amide bonds. The Kier molecular flexibility index (Phi) is 3.92. The Bertz CT molecular complexity index is 1080. The first-order valence-electron chi connectivity index (χ1n) is 8.26. The van der Waals surface area contributed by atoms with E-state index in [9.17, 15) is 8.42 Å². The summed E-state index contributed by atoms with van der Waals surface area (Å²) in [6.07, 6.45) is 5.70. The zero-order valence-corrected chi connectivity index (χ0v) is 16.1. The Balaban J connectivity index is 2.00. The van der Waals surface area contributed by atoms with Crippen molar-refractivity contribution in [3.8, 4) is 11.1 Å². The summed E-state index contributed by atoms with van der Waals surface area (Å²) in [4.78, 5) is 1.58. The van der Waals surface area contributed by atoms with E-state index in [0.29, 0.717) is 10.8 Å². The van der Waals surface area contributed by atoms with Crippen LogP contribution in [0.3, 0.4) is 0 Å². The monoisotopic (exact) mass is 372 g/mol. The zero-order valence-electron chi connectivity index (χ0n) is 14.5. The van der Waals surface area contributed by atoms with E-state index < -0.39 is 9.84 Å². The fraction of sp³-hybridized carbons (Fsp3) is 0.316. The second-order valence-electron chi connectivity index (χ2n) is 6.70. The molecule has 3 aromatic rings. The van der Waals surface area contributed by atoms with E-state index in [4.69, 9.17) is 0 Å². The number of hydrogen-bond acceptors (Lipinski definition) is 4. The highest BCUT2D eigenvalue weighted by Crippen LogP contribution is 2.46. The molecule has 25 heavy (non-hydrogen) atoms. The molecule has 1 N–H and O–H groups in total. The minimum absolute atomic E-state index is 0.392. The summed E-state index contributed by atoms with van der Waals surface area (Å²) in [7, 11) is -3.22. The van der Waals surface area contributed by atoms with Gasteiger partial charge in [0.1, 0.15) is 0 Å². The van der Waals surface area contributed by atoms with Crippen LogP contribution in [-0.2, 0) is 9.84 Å². The summed E-state index contributed by atoms with van der Waals surface area (Å²) in [5.74, 6) is 0.543. The third-order valence-electron chi connectivity index (χ3n) is 4.77. The van der Waals surface area contributed by atoms with Gasteiger partial charge in [-0.05, 0) is 55.3 Å².